The normalized spacial score (nSPS) is 10.9. The number of phenolic OH excluding ortho intramolecular Hbond substituents is 2. The molecule has 0 radical (unpaired) electrons. The first-order valence-electron chi connectivity index (χ1n) is 8.74. The van der Waals surface area contributed by atoms with Crippen LogP contribution in [-0.4, -0.2) is 29.6 Å². The summed E-state index contributed by atoms with van der Waals surface area (Å²) in [6.45, 7) is -0.00844. The second-order valence-corrected chi connectivity index (χ2v) is 6.54. The van der Waals surface area contributed by atoms with Crippen LogP contribution in [0.1, 0.15) is 5.56 Å². The molecule has 10 nitrogen and oxygen atoms in total. The van der Waals surface area contributed by atoms with E-state index >= 15 is 0 Å². The zero-order chi connectivity index (χ0) is 21.4. The quantitative estimate of drug-likeness (QED) is 0.377. The molecule has 0 aliphatic carbocycles. The van der Waals surface area contributed by atoms with Crippen LogP contribution in [0.2, 0.25) is 0 Å². The first-order valence-corrected chi connectivity index (χ1v) is 8.74. The zero-order valence-electron chi connectivity index (χ0n) is 15.3. The first-order chi connectivity index (χ1) is 14.3. The highest BCUT2D eigenvalue weighted by atomic mass is 16.6. The molecule has 0 aliphatic rings. The maximum atomic E-state index is 11.2. The lowest BCUT2D eigenvalue weighted by Gasteiger charge is -2.12. The Morgan fingerprint density at radius 3 is 2.20 bits per heavy atom. The van der Waals surface area contributed by atoms with E-state index in [1.807, 2.05) is 0 Å². The van der Waals surface area contributed by atoms with Gasteiger partial charge in [-0.2, -0.15) is 0 Å². The third-order valence-corrected chi connectivity index (χ3v) is 4.69. The molecule has 0 saturated carbocycles. The Morgan fingerprint density at radius 1 is 0.867 bits per heavy atom. The van der Waals surface area contributed by atoms with Crippen molar-refractivity contribution >= 4 is 22.4 Å². The van der Waals surface area contributed by atoms with E-state index in [1.165, 1.54) is 36.4 Å². The molecule has 4 aromatic rings. The summed E-state index contributed by atoms with van der Waals surface area (Å²) in [7, 11) is 0. The number of nitrogens with zero attached hydrogens (tertiary/aromatic N) is 4. The summed E-state index contributed by atoms with van der Waals surface area (Å²) in [4.78, 5) is 25.7. The van der Waals surface area contributed by atoms with Crippen LogP contribution in [0.25, 0.3) is 22.4 Å². The summed E-state index contributed by atoms with van der Waals surface area (Å²) < 4.78 is 1.63. The molecule has 10 heteroatoms. The number of imidazole rings is 1. The smallest absolute Gasteiger partial charge is 0.270 e. The molecular weight excluding hydrogens is 392 g/mol. The second kappa shape index (κ2) is 7.17. The van der Waals surface area contributed by atoms with Crippen molar-refractivity contribution in [3.8, 4) is 22.9 Å². The van der Waals surface area contributed by atoms with Crippen LogP contribution in [0, 0.1) is 20.2 Å². The molecule has 0 bridgehead atoms. The monoisotopic (exact) mass is 406 g/mol. The van der Waals surface area contributed by atoms with Crippen LogP contribution in [0.5, 0.6) is 11.5 Å². The highest BCUT2D eigenvalue weighted by Gasteiger charge is 2.20. The number of aromatic nitrogens is 2. The van der Waals surface area contributed by atoms with Gasteiger partial charge in [-0.15, -0.1) is 0 Å². The Labute approximate surface area is 168 Å². The minimum absolute atomic E-state index is 0.00844. The van der Waals surface area contributed by atoms with Crippen molar-refractivity contribution < 1.29 is 20.1 Å². The van der Waals surface area contributed by atoms with Gasteiger partial charge in [-0.1, -0.05) is 12.1 Å². The molecular formula is C20H14N4O6. The average molecular weight is 406 g/mol. The summed E-state index contributed by atoms with van der Waals surface area (Å²) in [5.41, 5.74) is 1.17. The Kier molecular flexibility index (Phi) is 4.51. The summed E-state index contributed by atoms with van der Waals surface area (Å²) in [5, 5.41) is 42.9. The van der Waals surface area contributed by atoms with E-state index in [2.05, 4.69) is 4.98 Å². The molecule has 0 fully saturated rings. The van der Waals surface area contributed by atoms with E-state index in [4.69, 9.17) is 0 Å². The molecule has 0 spiro atoms. The second-order valence-electron chi connectivity index (χ2n) is 6.54. The van der Waals surface area contributed by atoms with Crippen LogP contribution in [0.3, 0.4) is 0 Å². The molecule has 30 heavy (non-hydrogen) atoms. The highest BCUT2D eigenvalue weighted by Crippen LogP contribution is 2.35. The molecule has 0 aliphatic heterocycles. The summed E-state index contributed by atoms with van der Waals surface area (Å²) in [6.07, 6.45) is 0. The van der Waals surface area contributed by atoms with Crippen LogP contribution >= 0.6 is 0 Å². The maximum Gasteiger partial charge on any atom is 0.270 e. The SMILES string of the molecule is O=[N+]([O-])c1ccc(O)c(Cn2c(-c3cc([N+](=O)[O-])ccc3O)nc3ccccc32)c1. The van der Waals surface area contributed by atoms with Gasteiger partial charge in [0.2, 0.25) is 0 Å². The lowest BCUT2D eigenvalue weighted by Crippen LogP contribution is -2.04. The van der Waals surface area contributed by atoms with E-state index in [0.717, 1.165) is 0 Å². The van der Waals surface area contributed by atoms with E-state index < -0.39 is 9.85 Å². The average Bonchev–Trinajstić information content (AvgIpc) is 3.08. The number of hydrogen-bond acceptors (Lipinski definition) is 7. The molecule has 2 N–H and O–H groups in total. The van der Waals surface area contributed by atoms with Crippen LogP contribution in [0.15, 0.2) is 60.7 Å². The van der Waals surface area contributed by atoms with Gasteiger partial charge in [-0.25, -0.2) is 4.98 Å². The lowest BCUT2D eigenvalue weighted by molar-refractivity contribution is -0.385. The fraction of sp³-hybridized carbons (Fsp3) is 0.0500. The molecule has 3 aromatic carbocycles. The minimum Gasteiger partial charge on any atom is -0.508 e. The van der Waals surface area contributed by atoms with Crippen molar-refractivity contribution in [1.29, 1.82) is 0 Å². The van der Waals surface area contributed by atoms with E-state index in [-0.39, 0.29) is 46.4 Å². The van der Waals surface area contributed by atoms with Crippen molar-refractivity contribution in [2.75, 3.05) is 0 Å². The number of rotatable bonds is 5. The van der Waals surface area contributed by atoms with Crippen molar-refractivity contribution in [3.63, 3.8) is 0 Å². The number of non-ortho nitro benzene ring substituents is 2. The number of benzene rings is 3. The molecule has 150 valence electrons. The highest BCUT2D eigenvalue weighted by molar-refractivity contribution is 5.82. The molecule has 4 rings (SSSR count). The predicted octanol–water partition coefficient (Wildman–Crippen LogP) is 3.98. The first kappa shape index (κ1) is 18.9. The van der Waals surface area contributed by atoms with Crippen molar-refractivity contribution in [2.45, 2.75) is 6.54 Å². The third-order valence-electron chi connectivity index (χ3n) is 4.69. The molecule has 0 atom stereocenters. The number of phenols is 2. The Morgan fingerprint density at radius 2 is 1.50 bits per heavy atom. The molecule has 0 amide bonds. The number of para-hydroxylation sites is 2. The number of hydrogen-bond donors (Lipinski definition) is 2. The van der Waals surface area contributed by atoms with Crippen LogP contribution in [0.4, 0.5) is 11.4 Å². The minimum atomic E-state index is -0.581. The Bertz CT molecular complexity index is 1310. The summed E-state index contributed by atoms with van der Waals surface area (Å²) in [6, 6.07) is 14.3. The van der Waals surface area contributed by atoms with Crippen LogP contribution < -0.4 is 0 Å². The van der Waals surface area contributed by atoms with Gasteiger partial charge >= 0.3 is 0 Å². The third kappa shape index (κ3) is 3.26. The van der Waals surface area contributed by atoms with Crippen molar-refractivity contribution in [3.05, 3.63) is 86.5 Å². The molecule has 1 heterocycles. The van der Waals surface area contributed by atoms with Gasteiger partial charge in [0, 0.05) is 29.8 Å². The largest absolute Gasteiger partial charge is 0.508 e. The van der Waals surface area contributed by atoms with Gasteiger partial charge in [0.25, 0.3) is 11.4 Å². The standard InChI is InChI=1S/C20H14N4O6/c25-18-7-5-13(23(27)28)9-12(18)11-22-17-4-2-1-3-16(17)21-20(22)15-10-14(24(29)30)6-8-19(15)26/h1-10,25-26H,11H2. The Balaban J connectivity index is 1.93. The lowest BCUT2D eigenvalue weighted by atomic mass is 10.1. The molecule has 1 aromatic heterocycles. The van der Waals surface area contributed by atoms with E-state index in [0.29, 0.717) is 11.0 Å². The van der Waals surface area contributed by atoms with Gasteiger partial charge in [0.05, 0.1) is 33.0 Å². The van der Waals surface area contributed by atoms with Gasteiger partial charge in [-0.05, 0) is 24.3 Å². The molecule has 0 unspecified atom stereocenters. The summed E-state index contributed by atoms with van der Waals surface area (Å²) >= 11 is 0. The zero-order valence-corrected chi connectivity index (χ0v) is 15.3. The number of nitro groups is 2. The topological polar surface area (TPSA) is 145 Å². The van der Waals surface area contributed by atoms with Crippen LogP contribution in [-0.2, 0) is 6.54 Å². The Hall–Kier alpha value is -4.47. The predicted molar refractivity (Wildman–Crippen MR) is 107 cm³/mol. The van der Waals surface area contributed by atoms with Gasteiger partial charge in [0.15, 0.2) is 0 Å². The van der Waals surface area contributed by atoms with Gasteiger partial charge in [0.1, 0.15) is 17.3 Å². The number of aromatic hydroxyl groups is 2. The maximum absolute atomic E-state index is 11.2. The summed E-state index contributed by atoms with van der Waals surface area (Å²) in [5.74, 6) is -0.128. The van der Waals surface area contributed by atoms with Gasteiger partial charge in [-0.3, -0.25) is 20.2 Å². The number of nitro benzene ring substituents is 2. The fourth-order valence-corrected chi connectivity index (χ4v) is 3.24. The molecule has 0 saturated heterocycles. The fourth-order valence-electron chi connectivity index (χ4n) is 3.24. The van der Waals surface area contributed by atoms with E-state index in [9.17, 15) is 30.4 Å². The van der Waals surface area contributed by atoms with Crippen molar-refractivity contribution in [2.24, 2.45) is 0 Å². The van der Waals surface area contributed by atoms with E-state index in [1.54, 1.807) is 28.8 Å². The van der Waals surface area contributed by atoms with Crippen molar-refractivity contribution in [1.82, 2.24) is 9.55 Å². The number of fused-ring (bicyclic) bond motifs is 1. The van der Waals surface area contributed by atoms with Gasteiger partial charge < -0.3 is 14.8 Å².